The van der Waals surface area contributed by atoms with Gasteiger partial charge in [-0.2, -0.15) is 0 Å². The molecule has 3 N–H and O–H groups in total. The number of halogens is 2. The third kappa shape index (κ3) is 2.87. The summed E-state index contributed by atoms with van der Waals surface area (Å²) in [6.07, 6.45) is 3.08. The fraction of sp³-hybridized carbons (Fsp3) is 0.0909. The number of hydrogen-bond donors (Lipinski definition) is 2. The molecule has 0 aliphatic rings. The maximum Gasteiger partial charge on any atom is 0.227 e. The van der Waals surface area contributed by atoms with Gasteiger partial charge in [-0.25, -0.2) is 9.97 Å². The summed E-state index contributed by atoms with van der Waals surface area (Å²) < 4.78 is 0.903. The molecule has 0 saturated carbocycles. The topological polar surface area (TPSA) is 63.8 Å². The summed E-state index contributed by atoms with van der Waals surface area (Å²) in [4.78, 5) is 8.11. The molecule has 1 aromatic carbocycles. The van der Waals surface area contributed by atoms with Gasteiger partial charge in [-0.15, -0.1) is 0 Å². The van der Waals surface area contributed by atoms with Crippen molar-refractivity contribution < 1.29 is 0 Å². The van der Waals surface area contributed by atoms with E-state index in [2.05, 4.69) is 31.2 Å². The molecule has 0 spiro atoms. The molecule has 1 heterocycles. The quantitative estimate of drug-likeness (QED) is 0.890. The van der Waals surface area contributed by atoms with Gasteiger partial charge >= 0.3 is 0 Å². The highest BCUT2D eigenvalue weighted by Crippen LogP contribution is 2.30. The summed E-state index contributed by atoms with van der Waals surface area (Å²) in [5.74, 6) is 0.472. The van der Waals surface area contributed by atoms with Crippen molar-refractivity contribution in [3.05, 3.63) is 39.6 Å². The lowest BCUT2D eigenvalue weighted by Crippen LogP contribution is -1.99. The Labute approximate surface area is 112 Å². The number of benzene rings is 1. The molecule has 2 aromatic rings. The molecule has 0 aliphatic carbocycles. The highest BCUT2D eigenvalue weighted by atomic mass is 79.9. The van der Waals surface area contributed by atoms with Crippen molar-refractivity contribution in [2.24, 2.45) is 0 Å². The number of nitrogen functional groups attached to an aromatic ring is 1. The third-order valence-electron chi connectivity index (χ3n) is 2.17. The van der Waals surface area contributed by atoms with Gasteiger partial charge in [0.1, 0.15) is 0 Å². The molecule has 6 heteroatoms. The van der Waals surface area contributed by atoms with Gasteiger partial charge in [0.25, 0.3) is 0 Å². The summed E-state index contributed by atoms with van der Waals surface area (Å²) in [6, 6.07) is 3.75. The van der Waals surface area contributed by atoms with Crippen molar-refractivity contribution in [1.82, 2.24) is 9.97 Å². The van der Waals surface area contributed by atoms with Gasteiger partial charge in [0.15, 0.2) is 0 Å². The van der Waals surface area contributed by atoms with Crippen LogP contribution < -0.4 is 11.1 Å². The molecular weight excluding hydrogens is 304 g/mol. The summed E-state index contributed by atoms with van der Waals surface area (Å²) in [7, 11) is 0. The summed E-state index contributed by atoms with van der Waals surface area (Å²) >= 11 is 9.51. The second kappa shape index (κ2) is 4.89. The standard InChI is InChI=1S/C11H10BrClN4/c1-6-2-8(12)10(3-9(6)13)17-11-15-4-7(14)5-16-11/h2-5H,14H2,1H3,(H,15,16,17). The van der Waals surface area contributed by atoms with Gasteiger partial charge in [0, 0.05) is 9.50 Å². The van der Waals surface area contributed by atoms with Gasteiger partial charge in [-0.1, -0.05) is 11.6 Å². The first-order chi connectivity index (χ1) is 8.06. The number of aromatic nitrogens is 2. The second-order valence-electron chi connectivity index (χ2n) is 3.55. The molecule has 0 bridgehead atoms. The van der Waals surface area contributed by atoms with E-state index in [1.807, 2.05) is 19.1 Å². The van der Waals surface area contributed by atoms with E-state index in [1.165, 1.54) is 0 Å². The van der Waals surface area contributed by atoms with Crippen LogP contribution in [-0.4, -0.2) is 9.97 Å². The monoisotopic (exact) mass is 312 g/mol. The summed E-state index contributed by atoms with van der Waals surface area (Å²) in [6.45, 7) is 1.94. The Morgan fingerprint density at radius 1 is 1.29 bits per heavy atom. The van der Waals surface area contributed by atoms with Crippen molar-refractivity contribution in [1.29, 1.82) is 0 Å². The Balaban J connectivity index is 2.30. The highest BCUT2D eigenvalue weighted by molar-refractivity contribution is 9.10. The van der Waals surface area contributed by atoms with Crippen LogP contribution in [0.15, 0.2) is 29.0 Å². The van der Waals surface area contributed by atoms with Crippen molar-refractivity contribution in [2.75, 3.05) is 11.1 Å². The predicted molar refractivity (Wildman–Crippen MR) is 73.6 cm³/mol. The normalized spacial score (nSPS) is 10.3. The average molecular weight is 314 g/mol. The fourth-order valence-corrected chi connectivity index (χ4v) is 1.99. The SMILES string of the molecule is Cc1cc(Br)c(Nc2ncc(N)cn2)cc1Cl. The third-order valence-corrected chi connectivity index (χ3v) is 3.23. The van der Waals surface area contributed by atoms with Crippen molar-refractivity contribution in [3.63, 3.8) is 0 Å². The summed E-state index contributed by atoms with van der Waals surface area (Å²) in [5, 5.41) is 3.74. The zero-order valence-electron chi connectivity index (χ0n) is 9.04. The molecule has 0 amide bonds. The Morgan fingerprint density at radius 3 is 2.59 bits per heavy atom. The number of anilines is 3. The predicted octanol–water partition coefficient (Wildman–Crippen LogP) is 3.53. The molecular formula is C11H10BrClN4. The van der Waals surface area contributed by atoms with E-state index in [9.17, 15) is 0 Å². The lowest BCUT2D eigenvalue weighted by molar-refractivity contribution is 1.17. The zero-order chi connectivity index (χ0) is 12.4. The molecule has 88 valence electrons. The first-order valence-corrected chi connectivity index (χ1v) is 6.03. The van der Waals surface area contributed by atoms with E-state index in [-0.39, 0.29) is 0 Å². The van der Waals surface area contributed by atoms with Crippen LogP contribution in [-0.2, 0) is 0 Å². The van der Waals surface area contributed by atoms with E-state index >= 15 is 0 Å². The van der Waals surface area contributed by atoms with Crippen molar-refractivity contribution in [2.45, 2.75) is 6.92 Å². The lowest BCUT2D eigenvalue weighted by Gasteiger charge is -2.09. The molecule has 0 atom stereocenters. The molecule has 0 aliphatic heterocycles. The second-order valence-corrected chi connectivity index (χ2v) is 4.81. The van der Waals surface area contributed by atoms with Gasteiger partial charge < -0.3 is 11.1 Å². The molecule has 17 heavy (non-hydrogen) atoms. The van der Waals surface area contributed by atoms with Gasteiger partial charge in [0.2, 0.25) is 5.95 Å². The molecule has 2 rings (SSSR count). The first kappa shape index (κ1) is 12.1. The molecule has 0 saturated heterocycles. The van der Waals surface area contributed by atoms with Crippen LogP contribution in [0.4, 0.5) is 17.3 Å². The number of rotatable bonds is 2. The highest BCUT2D eigenvalue weighted by Gasteiger charge is 2.05. The van der Waals surface area contributed by atoms with E-state index in [0.29, 0.717) is 16.7 Å². The molecule has 1 aromatic heterocycles. The Kier molecular flexibility index (Phi) is 3.49. The zero-order valence-corrected chi connectivity index (χ0v) is 11.4. The molecule has 0 radical (unpaired) electrons. The van der Waals surface area contributed by atoms with Gasteiger partial charge in [-0.05, 0) is 40.5 Å². The van der Waals surface area contributed by atoms with Crippen LogP contribution in [0.5, 0.6) is 0 Å². The van der Waals surface area contributed by atoms with E-state index in [0.717, 1.165) is 15.7 Å². The molecule has 0 fully saturated rings. The van der Waals surface area contributed by atoms with Crippen LogP contribution in [0.25, 0.3) is 0 Å². The summed E-state index contributed by atoms with van der Waals surface area (Å²) in [5.41, 5.74) is 7.85. The Morgan fingerprint density at radius 2 is 1.94 bits per heavy atom. The van der Waals surface area contributed by atoms with Crippen LogP contribution >= 0.6 is 27.5 Å². The number of nitrogens with one attached hydrogen (secondary N) is 1. The maximum absolute atomic E-state index is 6.06. The van der Waals surface area contributed by atoms with E-state index in [4.69, 9.17) is 17.3 Å². The van der Waals surface area contributed by atoms with Crippen LogP contribution in [0.3, 0.4) is 0 Å². The van der Waals surface area contributed by atoms with E-state index in [1.54, 1.807) is 12.4 Å². The first-order valence-electron chi connectivity index (χ1n) is 4.86. The Bertz CT molecular complexity index is 542. The minimum Gasteiger partial charge on any atom is -0.396 e. The largest absolute Gasteiger partial charge is 0.396 e. The number of nitrogens with two attached hydrogens (primary N) is 1. The van der Waals surface area contributed by atoms with Crippen LogP contribution in [0, 0.1) is 6.92 Å². The van der Waals surface area contributed by atoms with Crippen molar-refractivity contribution in [3.8, 4) is 0 Å². The van der Waals surface area contributed by atoms with Crippen LogP contribution in [0.2, 0.25) is 5.02 Å². The van der Waals surface area contributed by atoms with Crippen molar-refractivity contribution >= 4 is 44.9 Å². The number of aryl methyl sites for hydroxylation is 1. The minimum atomic E-state index is 0.472. The van der Waals surface area contributed by atoms with Gasteiger partial charge in [0.05, 0.1) is 23.8 Å². The average Bonchev–Trinajstić information content (AvgIpc) is 2.29. The number of hydrogen-bond acceptors (Lipinski definition) is 4. The van der Waals surface area contributed by atoms with Gasteiger partial charge in [-0.3, -0.25) is 0 Å². The maximum atomic E-state index is 6.06. The number of nitrogens with zero attached hydrogens (tertiary/aromatic N) is 2. The lowest BCUT2D eigenvalue weighted by atomic mass is 10.2. The molecule has 4 nitrogen and oxygen atoms in total. The fourth-order valence-electron chi connectivity index (χ4n) is 1.27. The Hall–Kier alpha value is -1.33. The van der Waals surface area contributed by atoms with E-state index < -0.39 is 0 Å². The smallest absolute Gasteiger partial charge is 0.227 e. The molecule has 0 unspecified atom stereocenters. The van der Waals surface area contributed by atoms with Crippen LogP contribution in [0.1, 0.15) is 5.56 Å². The minimum absolute atomic E-state index is 0.472.